The number of amides is 1. The van der Waals surface area contributed by atoms with Crippen LogP contribution in [0, 0.1) is 0 Å². The predicted molar refractivity (Wildman–Crippen MR) is 109 cm³/mol. The second kappa shape index (κ2) is 11.0. The molecule has 0 unspecified atom stereocenters. The number of hydrazone groups is 1. The Labute approximate surface area is 161 Å². The van der Waals surface area contributed by atoms with E-state index in [1.807, 2.05) is 36.4 Å². The van der Waals surface area contributed by atoms with E-state index >= 15 is 0 Å². The Kier molecular flexibility index (Phi) is 8.36. The predicted octanol–water partition coefficient (Wildman–Crippen LogP) is 4.52. The summed E-state index contributed by atoms with van der Waals surface area (Å²) in [4.78, 5) is 10.9. The fraction of sp³-hybridized carbons (Fsp3) is 0.364. The Bertz CT molecular complexity index is 741. The molecule has 0 heterocycles. The molecule has 0 fully saturated rings. The molecule has 1 N–H and O–H groups in total. The maximum absolute atomic E-state index is 10.9. The number of carbonyl (C=O) groups excluding carboxylic acids is 1. The van der Waals surface area contributed by atoms with Gasteiger partial charge in [-0.2, -0.15) is 5.10 Å². The lowest BCUT2D eigenvalue weighted by Crippen LogP contribution is -2.12. The van der Waals surface area contributed by atoms with Gasteiger partial charge in [0.1, 0.15) is 11.5 Å². The maximum Gasteiger partial charge on any atom is 0.236 e. The lowest BCUT2D eigenvalue weighted by atomic mass is 9.99. The van der Waals surface area contributed by atoms with Crippen molar-refractivity contribution in [2.45, 2.75) is 39.5 Å². The minimum atomic E-state index is -0.209. The fourth-order valence-corrected chi connectivity index (χ4v) is 2.47. The Balaban J connectivity index is 1.75. The highest BCUT2D eigenvalue weighted by Gasteiger charge is 2.03. The minimum Gasteiger partial charge on any atom is -0.493 e. The third-order valence-electron chi connectivity index (χ3n) is 4.22. The molecule has 0 aliphatic heterocycles. The van der Waals surface area contributed by atoms with Crippen molar-refractivity contribution >= 4 is 12.1 Å². The van der Waals surface area contributed by atoms with E-state index in [0.717, 1.165) is 29.9 Å². The standard InChI is InChI=1S/C22H28N2O3/c1-4-17(2)19-10-12-21(13-11-19)26-14-7-15-27-22-9-6-5-8-20(22)16-23-24-18(3)25/h5-6,8-13,16-17H,4,7,14-15H2,1-3H3,(H,24,25)/b23-16-/t17-/m0/s1. The van der Waals surface area contributed by atoms with Crippen molar-refractivity contribution < 1.29 is 14.3 Å². The lowest BCUT2D eigenvalue weighted by molar-refractivity contribution is -0.118. The minimum absolute atomic E-state index is 0.209. The van der Waals surface area contributed by atoms with E-state index in [0.29, 0.717) is 19.1 Å². The van der Waals surface area contributed by atoms with Crippen molar-refractivity contribution in [1.29, 1.82) is 0 Å². The summed E-state index contributed by atoms with van der Waals surface area (Å²) in [6.45, 7) is 6.96. The first kappa shape index (κ1) is 20.5. The van der Waals surface area contributed by atoms with Gasteiger partial charge in [-0.3, -0.25) is 4.79 Å². The molecule has 5 heteroatoms. The fourth-order valence-electron chi connectivity index (χ4n) is 2.47. The topological polar surface area (TPSA) is 59.9 Å². The number of benzene rings is 2. The molecule has 0 radical (unpaired) electrons. The molecule has 0 bridgehead atoms. The molecule has 0 aliphatic rings. The molecule has 0 saturated heterocycles. The number of carbonyl (C=O) groups is 1. The van der Waals surface area contributed by atoms with E-state index in [2.05, 4.69) is 36.5 Å². The Morgan fingerprint density at radius 3 is 2.52 bits per heavy atom. The highest BCUT2D eigenvalue weighted by atomic mass is 16.5. The van der Waals surface area contributed by atoms with Crippen LogP contribution in [0.4, 0.5) is 0 Å². The van der Waals surface area contributed by atoms with Crippen molar-refractivity contribution in [2.75, 3.05) is 13.2 Å². The van der Waals surface area contributed by atoms with Crippen molar-refractivity contribution in [3.8, 4) is 11.5 Å². The average molecular weight is 368 g/mol. The van der Waals surface area contributed by atoms with Gasteiger partial charge in [0.15, 0.2) is 0 Å². The summed E-state index contributed by atoms with van der Waals surface area (Å²) in [7, 11) is 0. The number of nitrogens with one attached hydrogen (secondary N) is 1. The Morgan fingerprint density at radius 2 is 1.81 bits per heavy atom. The van der Waals surface area contributed by atoms with E-state index in [4.69, 9.17) is 9.47 Å². The number of hydrogen-bond donors (Lipinski definition) is 1. The molecule has 2 aromatic carbocycles. The molecule has 0 aromatic heterocycles. The van der Waals surface area contributed by atoms with Gasteiger partial charge in [0.05, 0.1) is 19.4 Å². The van der Waals surface area contributed by atoms with Crippen LogP contribution >= 0.6 is 0 Å². The number of hydrogen-bond acceptors (Lipinski definition) is 4. The van der Waals surface area contributed by atoms with Crippen LogP contribution in [0.5, 0.6) is 11.5 Å². The molecule has 5 nitrogen and oxygen atoms in total. The van der Waals surface area contributed by atoms with E-state index in [-0.39, 0.29) is 5.91 Å². The summed E-state index contributed by atoms with van der Waals surface area (Å²) in [5.74, 6) is 1.97. The first-order valence-corrected chi connectivity index (χ1v) is 9.34. The molecule has 2 rings (SSSR count). The average Bonchev–Trinajstić information content (AvgIpc) is 2.68. The number of nitrogens with zero attached hydrogens (tertiary/aromatic N) is 1. The third kappa shape index (κ3) is 7.13. The van der Waals surface area contributed by atoms with Crippen LogP contribution in [0.1, 0.15) is 50.7 Å². The van der Waals surface area contributed by atoms with Crippen LogP contribution in [-0.2, 0) is 4.79 Å². The SMILES string of the molecule is CC[C@H](C)c1ccc(OCCCOc2ccccc2/C=N\NC(C)=O)cc1. The van der Waals surface area contributed by atoms with Gasteiger partial charge in [-0.1, -0.05) is 38.1 Å². The van der Waals surface area contributed by atoms with Crippen molar-refractivity contribution in [3.05, 3.63) is 59.7 Å². The van der Waals surface area contributed by atoms with Gasteiger partial charge in [-0.05, 0) is 42.2 Å². The van der Waals surface area contributed by atoms with E-state index in [1.54, 1.807) is 6.21 Å². The normalized spacial score (nSPS) is 12.0. The molecule has 0 aliphatic carbocycles. The monoisotopic (exact) mass is 368 g/mol. The van der Waals surface area contributed by atoms with Gasteiger partial charge in [0, 0.05) is 18.9 Å². The quantitative estimate of drug-likeness (QED) is 0.381. The van der Waals surface area contributed by atoms with Gasteiger partial charge < -0.3 is 9.47 Å². The van der Waals surface area contributed by atoms with Crippen LogP contribution < -0.4 is 14.9 Å². The summed E-state index contributed by atoms with van der Waals surface area (Å²) in [5, 5.41) is 3.88. The van der Waals surface area contributed by atoms with Gasteiger partial charge in [-0.15, -0.1) is 0 Å². The van der Waals surface area contributed by atoms with Gasteiger partial charge in [0.2, 0.25) is 5.91 Å². The zero-order valence-electron chi connectivity index (χ0n) is 16.3. The van der Waals surface area contributed by atoms with E-state index in [9.17, 15) is 4.79 Å². The van der Waals surface area contributed by atoms with Crippen molar-refractivity contribution in [1.82, 2.24) is 5.43 Å². The first-order valence-electron chi connectivity index (χ1n) is 9.34. The highest BCUT2D eigenvalue weighted by Crippen LogP contribution is 2.21. The second-order valence-corrected chi connectivity index (χ2v) is 6.39. The third-order valence-corrected chi connectivity index (χ3v) is 4.22. The van der Waals surface area contributed by atoms with Crippen LogP contribution in [0.15, 0.2) is 53.6 Å². The summed E-state index contributed by atoms with van der Waals surface area (Å²) in [6.07, 6.45) is 3.48. The first-order chi connectivity index (χ1) is 13.1. The van der Waals surface area contributed by atoms with Gasteiger partial charge in [-0.25, -0.2) is 5.43 Å². The number of ether oxygens (including phenoxy) is 2. The van der Waals surface area contributed by atoms with Crippen LogP contribution in [0.2, 0.25) is 0 Å². The molecule has 1 atom stereocenters. The number of rotatable bonds is 10. The zero-order valence-corrected chi connectivity index (χ0v) is 16.3. The summed E-state index contributed by atoms with van der Waals surface area (Å²) >= 11 is 0. The molecular weight excluding hydrogens is 340 g/mol. The van der Waals surface area contributed by atoms with Crippen LogP contribution in [-0.4, -0.2) is 25.3 Å². The molecule has 1 amide bonds. The molecule has 144 valence electrons. The molecule has 2 aromatic rings. The molecular formula is C22H28N2O3. The van der Waals surface area contributed by atoms with E-state index in [1.165, 1.54) is 12.5 Å². The second-order valence-electron chi connectivity index (χ2n) is 6.39. The van der Waals surface area contributed by atoms with Crippen LogP contribution in [0.25, 0.3) is 0 Å². The van der Waals surface area contributed by atoms with Gasteiger partial charge in [0.25, 0.3) is 0 Å². The summed E-state index contributed by atoms with van der Waals surface area (Å²) in [5.41, 5.74) is 4.54. The maximum atomic E-state index is 10.9. The summed E-state index contributed by atoms with van der Waals surface area (Å²) < 4.78 is 11.6. The summed E-state index contributed by atoms with van der Waals surface area (Å²) in [6, 6.07) is 15.9. The van der Waals surface area contributed by atoms with Crippen molar-refractivity contribution in [2.24, 2.45) is 5.10 Å². The highest BCUT2D eigenvalue weighted by molar-refractivity contribution is 5.84. The largest absolute Gasteiger partial charge is 0.493 e. The zero-order chi connectivity index (χ0) is 19.5. The Hall–Kier alpha value is -2.82. The molecule has 27 heavy (non-hydrogen) atoms. The molecule has 0 spiro atoms. The smallest absolute Gasteiger partial charge is 0.236 e. The van der Waals surface area contributed by atoms with Crippen molar-refractivity contribution in [3.63, 3.8) is 0 Å². The Morgan fingerprint density at radius 1 is 1.11 bits per heavy atom. The van der Waals surface area contributed by atoms with Crippen LogP contribution in [0.3, 0.4) is 0 Å². The van der Waals surface area contributed by atoms with Gasteiger partial charge >= 0.3 is 0 Å². The van der Waals surface area contributed by atoms with E-state index < -0.39 is 0 Å². The number of para-hydroxylation sites is 1. The lowest BCUT2D eigenvalue weighted by Gasteiger charge is -2.11. The molecule has 0 saturated carbocycles.